The highest BCUT2D eigenvalue weighted by molar-refractivity contribution is 14.1. The molecule has 0 fully saturated rings. The van der Waals surface area contributed by atoms with Crippen LogP contribution in [0.15, 0.2) is 6.20 Å². The van der Waals surface area contributed by atoms with Gasteiger partial charge in [-0.15, -0.1) is 0 Å². The van der Waals surface area contributed by atoms with Crippen LogP contribution in [-0.4, -0.2) is 21.2 Å². The Bertz CT molecular complexity index is 398. The second kappa shape index (κ2) is 4.69. The summed E-state index contributed by atoms with van der Waals surface area (Å²) in [5, 5.41) is 17.8. The highest BCUT2D eigenvalue weighted by Gasteiger charge is 2.22. The van der Waals surface area contributed by atoms with Gasteiger partial charge in [-0.3, -0.25) is 4.79 Å². The second-order valence-electron chi connectivity index (χ2n) is 2.71. The zero-order chi connectivity index (χ0) is 11.6. The molecule has 1 rings (SSSR count). The number of carbonyl (C=O) groups is 1. The zero-order valence-corrected chi connectivity index (χ0v) is 9.40. The van der Waals surface area contributed by atoms with Crippen LogP contribution >= 0.6 is 22.6 Å². The predicted octanol–water partition coefficient (Wildman–Crippen LogP) is 1.96. The number of carboxylic acids is 1. The molecule has 2 N–H and O–H groups in total. The van der Waals surface area contributed by atoms with E-state index in [0.29, 0.717) is 0 Å². The van der Waals surface area contributed by atoms with Gasteiger partial charge in [0.2, 0.25) is 0 Å². The molecular formula is C8H6F2INO3. The van der Waals surface area contributed by atoms with Crippen LogP contribution in [0.1, 0.15) is 17.6 Å². The second-order valence-corrected chi connectivity index (χ2v) is 3.73. The Morgan fingerprint density at radius 3 is 2.67 bits per heavy atom. The van der Waals surface area contributed by atoms with Crippen molar-refractivity contribution in [2.45, 2.75) is 12.8 Å². The Kier molecular flexibility index (Phi) is 3.77. The largest absolute Gasteiger partial charge is 0.505 e. The van der Waals surface area contributed by atoms with Gasteiger partial charge in [0.1, 0.15) is 3.70 Å². The first kappa shape index (κ1) is 12.1. The van der Waals surface area contributed by atoms with Gasteiger partial charge in [0, 0.05) is 6.20 Å². The van der Waals surface area contributed by atoms with Crippen molar-refractivity contribution in [2.75, 3.05) is 0 Å². The van der Waals surface area contributed by atoms with Crippen molar-refractivity contribution < 1.29 is 23.8 Å². The van der Waals surface area contributed by atoms with Gasteiger partial charge in [-0.05, 0) is 28.2 Å². The quantitative estimate of drug-likeness (QED) is 0.657. The van der Waals surface area contributed by atoms with E-state index in [1.54, 1.807) is 22.6 Å². The van der Waals surface area contributed by atoms with Crippen molar-refractivity contribution in [1.82, 2.24) is 4.98 Å². The van der Waals surface area contributed by atoms with E-state index in [1.165, 1.54) is 0 Å². The average molecular weight is 329 g/mol. The molecule has 0 aliphatic rings. The summed E-state index contributed by atoms with van der Waals surface area (Å²) in [6.07, 6.45) is -2.47. The lowest BCUT2D eigenvalue weighted by Crippen LogP contribution is -2.06. The van der Waals surface area contributed by atoms with Crippen LogP contribution in [0.3, 0.4) is 0 Å². The SMILES string of the molecule is O=C(O)Cc1cnc(I)c(O)c1C(F)F. The van der Waals surface area contributed by atoms with Crippen molar-refractivity contribution in [3.63, 3.8) is 0 Å². The summed E-state index contributed by atoms with van der Waals surface area (Å²) in [4.78, 5) is 14.0. The Morgan fingerprint density at radius 2 is 2.20 bits per heavy atom. The number of aromatic nitrogens is 1. The number of hydrogen-bond acceptors (Lipinski definition) is 3. The smallest absolute Gasteiger partial charge is 0.307 e. The summed E-state index contributed by atoms with van der Waals surface area (Å²) in [6.45, 7) is 0. The first-order valence-electron chi connectivity index (χ1n) is 3.79. The van der Waals surface area contributed by atoms with Crippen LogP contribution in [0.5, 0.6) is 5.75 Å². The van der Waals surface area contributed by atoms with Gasteiger partial charge in [-0.25, -0.2) is 13.8 Å². The van der Waals surface area contributed by atoms with Crippen LogP contribution in [0, 0.1) is 3.70 Å². The van der Waals surface area contributed by atoms with Gasteiger partial charge in [-0.2, -0.15) is 0 Å². The molecule has 15 heavy (non-hydrogen) atoms. The van der Waals surface area contributed by atoms with Gasteiger partial charge >= 0.3 is 5.97 Å². The summed E-state index contributed by atoms with van der Waals surface area (Å²) in [6, 6.07) is 0. The summed E-state index contributed by atoms with van der Waals surface area (Å²) in [5.74, 6) is -1.90. The lowest BCUT2D eigenvalue weighted by Gasteiger charge is -2.09. The van der Waals surface area contributed by atoms with Gasteiger partial charge in [0.25, 0.3) is 6.43 Å². The van der Waals surface area contributed by atoms with E-state index in [4.69, 9.17) is 5.11 Å². The van der Waals surface area contributed by atoms with Crippen LogP contribution in [-0.2, 0) is 11.2 Å². The molecule has 82 valence electrons. The maximum Gasteiger partial charge on any atom is 0.307 e. The molecule has 1 aromatic rings. The minimum absolute atomic E-state index is 0.0250. The molecule has 0 spiro atoms. The molecular weight excluding hydrogens is 323 g/mol. The number of carboxylic acid groups (broad SMARTS) is 1. The van der Waals surface area contributed by atoms with Crippen molar-refractivity contribution in [2.24, 2.45) is 0 Å². The Labute approximate surface area is 97.1 Å². The lowest BCUT2D eigenvalue weighted by atomic mass is 10.1. The Balaban J connectivity index is 3.26. The van der Waals surface area contributed by atoms with Crippen LogP contribution in [0.25, 0.3) is 0 Å². The van der Waals surface area contributed by atoms with Crippen molar-refractivity contribution >= 4 is 28.6 Å². The third-order valence-electron chi connectivity index (χ3n) is 1.69. The van der Waals surface area contributed by atoms with Gasteiger partial charge in [0.15, 0.2) is 5.75 Å². The standard InChI is InChI=1S/C8H6F2INO3/c9-7(10)5-3(1-4(13)14)2-12-8(11)6(5)15/h2,7,15H,1H2,(H,13,14). The molecule has 0 radical (unpaired) electrons. The molecule has 0 atom stereocenters. The first-order chi connectivity index (χ1) is 6.93. The molecule has 7 heteroatoms. The van der Waals surface area contributed by atoms with Crippen molar-refractivity contribution in [3.8, 4) is 5.75 Å². The van der Waals surface area contributed by atoms with Crippen molar-refractivity contribution in [3.05, 3.63) is 21.0 Å². The molecule has 0 saturated heterocycles. The van der Waals surface area contributed by atoms with E-state index in [2.05, 4.69) is 4.98 Å². The highest BCUT2D eigenvalue weighted by Crippen LogP contribution is 2.33. The first-order valence-corrected chi connectivity index (χ1v) is 4.87. The number of nitrogens with zero attached hydrogens (tertiary/aromatic N) is 1. The van der Waals surface area contributed by atoms with Crippen LogP contribution < -0.4 is 0 Å². The number of aromatic hydroxyl groups is 1. The average Bonchev–Trinajstić information content (AvgIpc) is 2.10. The fourth-order valence-electron chi connectivity index (χ4n) is 1.08. The highest BCUT2D eigenvalue weighted by atomic mass is 127. The summed E-state index contributed by atoms with van der Waals surface area (Å²) in [5.41, 5.74) is -0.827. The third kappa shape index (κ3) is 2.74. The lowest BCUT2D eigenvalue weighted by molar-refractivity contribution is -0.136. The van der Waals surface area contributed by atoms with Crippen molar-refractivity contribution in [1.29, 1.82) is 0 Å². The van der Waals surface area contributed by atoms with E-state index in [0.717, 1.165) is 6.20 Å². The minimum Gasteiger partial charge on any atom is -0.505 e. The summed E-state index contributed by atoms with van der Waals surface area (Å²) in [7, 11) is 0. The normalized spacial score (nSPS) is 10.7. The van der Waals surface area contributed by atoms with E-state index >= 15 is 0 Å². The number of alkyl halides is 2. The maximum absolute atomic E-state index is 12.5. The number of rotatable bonds is 3. The minimum atomic E-state index is -2.92. The number of aliphatic carboxylic acids is 1. The predicted molar refractivity (Wildman–Crippen MR) is 54.9 cm³/mol. The number of hydrogen-bond donors (Lipinski definition) is 2. The molecule has 1 heterocycles. The number of halogens is 3. The topological polar surface area (TPSA) is 70.4 Å². The molecule has 0 amide bonds. The molecule has 1 aromatic heterocycles. The summed E-state index contributed by atoms with van der Waals surface area (Å²) >= 11 is 1.59. The van der Waals surface area contributed by atoms with Crippen LogP contribution in [0.2, 0.25) is 0 Å². The zero-order valence-electron chi connectivity index (χ0n) is 7.25. The Hall–Kier alpha value is -0.990. The van der Waals surface area contributed by atoms with E-state index in [1.807, 2.05) is 0 Å². The fraction of sp³-hybridized carbons (Fsp3) is 0.250. The number of pyridine rings is 1. The van der Waals surface area contributed by atoms with Crippen LogP contribution in [0.4, 0.5) is 8.78 Å². The molecule has 0 aliphatic heterocycles. The molecule has 0 unspecified atom stereocenters. The maximum atomic E-state index is 12.5. The molecule has 4 nitrogen and oxygen atoms in total. The monoisotopic (exact) mass is 329 g/mol. The Morgan fingerprint density at radius 1 is 1.60 bits per heavy atom. The molecule has 0 bridgehead atoms. The van der Waals surface area contributed by atoms with E-state index in [9.17, 15) is 18.7 Å². The molecule has 0 aromatic carbocycles. The van der Waals surface area contributed by atoms with Gasteiger partial charge < -0.3 is 10.2 Å². The summed E-state index contributed by atoms with van der Waals surface area (Å²) < 4.78 is 25.1. The third-order valence-corrected chi connectivity index (χ3v) is 2.48. The van der Waals surface area contributed by atoms with Gasteiger partial charge in [0.05, 0.1) is 12.0 Å². The van der Waals surface area contributed by atoms with E-state index < -0.39 is 30.1 Å². The van der Waals surface area contributed by atoms with Gasteiger partial charge in [-0.1, -0.05) is 0 Å². The molecule has 0 saturated carbocycles. The fourth-order valence-corrected chi connectivity index (χ4v) is 1.51. The van der Waals surface area contributed by atoms with E-state index in [-0.39, 0.29) is 9.26 Å². The molecule has 0 aliphatic carbocycles.